The molecule has 114 valence electrons. The number of aliphatic hydroxyl groups is 1. The van der Waals surface area contributed by atoms with E-state index in [9.17, 15) is 13.9 Å². The van der Waals surface area contributed by atoms with Gasteiger partial charge in [-0.25, -0.2) is 8.78 Å². The zero-order valence-electron chi connectivity index (χ0n) is 11.6. The highest BCUT2D eigenvalue weighted by atomic mass is 19.3. The SMILES string of the molecule is OCC(F)(F)[C@@H](c1cccc2[nH]ccc12)N1CCNCC1. The molecule has 0 amide bonds. The molecule has 0 unspecified atom stereocenters. The highest BCUT2D eigenvalue weighted by Gasteiger charge is 2.44. The number of hydrogen-bond donors (Lipinski definition) is 3. The summed E-state index contributed by atoms with van der Waals surface area (Å²) in [6, 6.07) is 6.07. The van der Waals surface area contributed by atoms with E-state index in [4.69, 9.17) is 0 Å². The summed E-state index contributed by atoms with van der Waals surface area (Å²) in [6.45, 7) is 1.30. The lowest BCUT2D eigenvalue weighted by atomic mass is 9.95. The Morgan fingerprint density at radius 2 is 2.00 bits per heavy atom. The van der Waals surface area contributed by atoms with Crippen LogP contribution in [0.5, 0.6) is 0 Å². The van der Waals surface area contributed by atoms with Gasteiger partial charge < -0.3 is 15.4 Å². The molecular weight excluding hydrogens is 276 g/mol. The van der Waals surface area contributed by atoms with Gasteiger partial charge in [-0.2, -0.15) is 0 Å². The lowest BCUT2D eigenvalue weighted by Gasteiger charge is -2.39. The quantitative estimate of drug-likeness (QED) is 0.805. The number of aromatic amines is 1. The van der Waals surface area contributed by atoms with Gasteiger partial charge in [-0.15, -0.1) is 0 Å². The zero-order chi connectivity index (χ0) is 14.9. The van der Waals surface area contributed by atoms with Gasteiger partial charge in [0.05, 0.1) is 0 Å². The van der Waals surface area contributed by atoms with Crippen LogP contribution < -0.4 is 5.32 Å². The molecule has 4 nitrogen and oxygen atoms in total. The van der Waals surface area contributed by atoms with Crippen molar-refractivity contribution in [3.63, 3.8) is 0 Å². The molecule has 1 saturated heterocycles. The molecule has 2 aromatic rings. The lowest BCUT2D eigenvalue weighted by molar-refractivity contribution is -0.118. The highest BCUT2D eigenvalue weighted by molar-refractivity contribution is 5.83. The Morgan fingerprint density at radius 1 is 1.24 bits per heavy atom. The molecule has 0 aliphatic carbocycles. The van der Waals surface area contributed by atoms with Gasteiger partial charge in [-0.05, 0) is 17.7 Å². The summed E-state index contributed by atoms with van der Waals surface area (Å²) in [5.74, 6) is -3.18. The van der Waals surface area contributed by atoms with Crippen molar-refractivity contribution in [2.75, 3.05) is 32.8 Å². The van der Waals surface area contributed by atoms with Crippen molar-refractivity contribution in [2.24, 2.45) is 0 Å². The Balaban J connectivity index is 2.07. The second-order valence-electron chi connectivity index (χ2n) is 5.39. The summed E-state index contributed by atoms with van der Waals surface area (Å²) < 4.78 is 28.8. The number of halogens is 2. The van der Waals surface area contributed by atoms with Gasteiger partial charge in [0.15, 0.2) is 0 Å². The van der Waals surface area contributed by atoms with E-state index in [1.807, 2.05) is 12.1 Å². The fourth-order valence-electron chi connectivity index (χ4n) is 3.07. The predicted molar refractivity (Wildman–Crippen MR) is 77.5 cm³/mol. The number of nitrogens with zero attached hydrogens (tertiary/aromatic N) is 1. The second kappa shape index (κ2) is 5.71. The molecule has 1 aromatic heterocycles. The number of H-pyrrole nitrogens is 1. The van der Waals surface area contributed by atoms with Gasteiger partial charge in [0.25, 0.3) is 5.92 Å². The summed E-state index contributed by atoms with van der Waals surface area (Å²) in [5, 5.41) is 13.1. The molecule has 21 heavy (non-hydrogen) atoms. The molecule has 0 bridgehead atoms. The number of nitrogens with one attached hydrogen (secondary N) is 2. The molecular formula is C15H19F2N3O. The minimum atomic E-state index is -3.18. The summed E-state index contributed by atoms with van der Waals surface area (Å²) in [4.78, 5) is 4.81. The Kier molecular flexibility index (Phi) is 3.93. The third-order valence-corrected chi connectivity index (χ3v) is 4.05. The summed E-state index contributed by atoms with van der Waals surface area (Å²) >= 11 is 0. The zero-order valence-corrected chi connectivity index (χ0v) is 11.6. The number of piperazine rings is 1. The molecule has 1 aromatic carbocycles. The minimum Gasteiger partial charge on any atom is -0.390 e. The van der Waals surface area contributed by atoms with Gasteiger partial charge in [0, 0.05) is 43.3 Å². The van der Waals surface area contributed by atoms with Crippen molar-refractivity contribution >= 4 is 10.9 Å². The molecule has 1 aliphatic heterocycles. The molecule has 2 heterocycles. The monoisotopic (exact) mass is 295 g/mol. The van der Waals surface area contributed by atoms with E-state index in [2.05, 4.69) is 10.3 Å². The van der Waals surface area contributed by atoms with Gasteiger partial charge in [-0.3, -0.25) is 4.90 Å². The topological polar surface area (TPSA) is 51.3 Å². The van der Waals surface area contributed by atoms with E-state index in [0.717, 1.165) is 10.9 Å². The van der Waals surface area contributed by atoms with Crippen LogP contribution in [-0.4, -0.2) is 53.7 Å². The Bertz CT molecular complexity index is 608. The first-order chi connectivity index (χ1) is 10.1. The third-order valence-electron chi connectivity index (χ3n) is 4.05. The Labute approximate surface area is 121 Å². The predicted octanol–water partition coefficient (Wildman–Crippen LogP) is 1.74. The van der Waals surface area contributed by atoms with Crippen LogP contribution in [0.3, 0.4) is 0 Å². The van der Waals surface area contributed by atoms with Crippen molar-refractivity contribution in [1.29, 1.82) is 0 Å². The first-order valence-electron chi connectivity index (χ1n) is 7.13. The number of alkyl halides is 2. The van der Waals surface area contributed by atoms with Crippen molar-refractivity contribution < 1.29 is 13.9 Å². The fraction of sp³-hybridized carbons (Fsp3) is 0.467. The first-order valence-corrected chi connectivity index (χ1v) is 7.13. The van der Waals surface area contributed by atoms with Crippen molar-refractivity contribution in [1.82, 2.24) is 15.2 Å². The fourth-order valence-corrected chi connectivity index (χ4v) is 3.07. The van der Waals surface area contributed by atoms with Crippen LogP contribution in [0, 0.1) is 0 Å². The summed E-state index contributed by atoms with van der Waals surface area (Å²) in [6.07, 6.45) is 1.75. The normalized spacial score (nSPS) is 19.0. The smallest absolute Gasteiger partial charge is 0.289 e. The average molecular weight is 295 g/mol. The Hall–Kier alpha value is -1.50. The van der Waals surface area contributed by atoms with Gasteiger partial charge in [-0.1, -0.05) is 12.1 Å². The Morgan fingerprint density at radius 3 is 2.71 bits per heavy atom. The lowest BCUT2D eigenvalue weighted by Crippen LogP contribution is -2.51. The van der Waals surface area contributed by atoms with Crippen molar-refractivity contribution in [2.45, 2.75) is 12.0 Å². The number of fused-ring (bicyclic) bond motifs is 1. The van der Waals surface area contributed by atoms with Crippen LogP contribution >= 0.6 is 0 Å². The van der Waals surface area contributed by atoms with Crippen LogP contribution in [0.4, 0.5) is 8.78 Å². The molecule has 0 saturated carbocycles. The highest BCUT2D eigenvalue weighted by Crippen LogP contribution is 2.39. The minimum absolute atomic E-state index is 0.543. The van der Waals surface area contributed by atoms with Crippen LogP contribution in [-0.2, 0) is 0 Å². The summed E-state index contributed by atoms with van der Waals surface area (Å²) in [7, 11) is 0. The van der Waals surface area contributed by atoms with Crippen molar-refractivity contribution in [3.05, 3.63) is 36.0 Å². The molecule has 0 spiro atoms. The maximum atomic E-state index is 14.4. The van der Waals surface area contributed by atoms with Crippen molar-refractivity contribution in [3.8, 4) is 0 Å². The molecule has 1 aliphatic rings. The largest absolute Gasteiger partial charge is 0.390 e. The van der Waals surface area contributed by atoms with Gasteiger partial charge in [0.2, 0.25) is 0 Å². The van der Waals surface area contributed by atoms with E-state index < -0.39 is 18.6 Å². The van der Waals surface area contributed by atoms with E-state index in [1.54, 1.807) is 23.2 Å². The maximum Gasteiger partial charge on any atom is 0.289 e. The molecule has 1 atom stereocenters. The number of rotatable bonds is 4. The number of aliphatic hydroxyl groups excluding tert-OH is 1. The number of hydrogen-bond acceptors (Lipinski definition) is 3. The third kappa shape index (κ3) is 2.66. The molecule has 6 heteroatoms. The van der Waals surface area contributed by atoms with Gasteiger partial charge in [0.1, 0.15) is 12.6 Å². The number of aromatic nitrogens is 1. The van der Waals surface area contributed by atoms with E-state index in [1.165, 1.54) is 0 Å². The molecule has 0 radical (unpaired) electrons. The second-order valence-corrected chi connectivity index (χ2v) is 5.39. The first kappa shape index (κ1) is 14.4. The molecule has 3 rings (SSSR count). The average Bonchev–Trinajstić information content (AvgIpc) is 2.98. The molecule has 3 N–H and O–H groups in total. The van der Waals surface area contributed by atoms with Crippen LogP contribution in [0.25, 0.3) is 10.9 Å². The maximum absolute atomic E-state index is 14.4. The summed E-state index contributed by atoms with van der Waals surface area (Å²) in [5.41, 5.74) is 1.40. The van der Waals surface area contributed by atoms with E-state index >= 15 is 0 Å². The van der Waals surface area contributed by atoms with Gasteiger partial charge >= 0.3 is 0 Å². The van der Waals surface area contributed by atoms with E-state index in [0.29, 0.717) is 31.7 Å². The van der Waals surface area contributed by atoms with Crippen LogP contribution in [0.1, 0.15) is 11.6 Å². The van der Waals surface area contributed by atoms with Crippen LogP contribution in [0.2, 0.25) is 0 Å². The van der Waals surface area contributed by atoms with Crippen LogP contribution in [0.15, 0.2) is 30.5 Å². The standard InChI is InChI=1S/C15H19F2N3O/c16-15(17,10-21)14(20-8-6-18-7-9-20)12-2-1-3-13-11(12)4-5-19-13/h1-5,14,18-19,21H,6-10H2/t14-/m1/s1. The molecule has 1 fully saturated rings. The van der Waals surface area contributed by atoms with E-state index in [-0.39, 0.29) is 0 Å². The number of benzene rings is 1.